The number of ether oxygens (including phenoxy) is 1. The number of rotatable bonds is 5. The molecule has 0 aliphatic carbocycles. The third-order valence-corrected chi connectivity index (χ3v) is 4.46. The Morgan fingerprint density at radius 3 is 2.57 bits per heavy atom. The number of hydrogen-bond donors (Lipinski definition) is 1. The molecule has 3 aromatic rings. The molecule has 144 valence electrons. The van der Waals surface area contributed by atoms with Crippen molar-refractivity contribution in [3.8, 4) is 17.0 Å². The number of methoxy groups -OCH3 is 1. The van der Waals surface area contributed by atoms with Crippen LogP contribution in [0, 0.1) is 6.92 Å². The fourth-order valence-corrected chi connectivity index (χ4v) is 2.78. The normalized spacial score (nSPS) is 11.7. The molecule has 0 aliphatic rings. The molecule has 8 heteroatoms. The van der Waals surface area contributed by atoms with Gasteiger partial charge in [-0.2, -0.15) is 10.1 Å². The Kier molecular flexibility index (Phi) is 5.75. The molecule has 1 atom stereocenters. The van der Waals surface area contributed by atoms with Gasteiger partial charge in [-0.1, -0.05) is 41.4 Å². The molecular weight excluding hydrogens is 380 g/mol. The van der Waals surface area contributed by atoms with E-state index in [9.17, 15) is 9.59 Å². The predicted octanol–water partition coefficient (Wildman–Crippen LogP) is 3.48. The van der Waals surface area contributed by atoms with Crippen LogP contribution in [0.1, 0.15) is 18.5 Å². The number of aryl methyl sites for hydroxylation is 1. The molecule has 0 spiro atoms. The van der Waals surface area contributed by atoms with Crippen LogP contribution in [-0.2, 0) is 4.79 Å². The van der Waals surface area contributed by atoms with Crippen LogP contribution >= 0.6 is 11.6 Å². The fraction of sp³-hybridized carbons (Fsp3) is 0.200. The van der Waals surface area contributed by atoms with E-state index in [0.29, 0.717) is 22.2 Å². The second-order valence-electron chi connectivity index (χ2n) is 6.24. The first-order valence-electron chi connectivity index (χ1n) is 8.56. The van der Waals surface area contributed by atoms with Gasteiger partial charge >= 0.3 is 5.69 Å². The van der Waals surface area contributed by atoms with Crippen LogP contribution in [0.5, 0.6) is 5.75 Å². The molecule has 1 unspecified atom stereocenters. The number of benzene rings is 2. The smallest absolute Gasteiger partial charge is 0.365 e. The van der Waals surface area contributed by atoms with E-state index in [-0.39, 0.29) is 0 Å². The first kappa shape index (κ1) is 19.6. The minimum atomic E-state index is -0.879. The highest BCUT2D eigenvalue weighted by molar-refractivity contribution is 6.31. The zero-order chi connectivity index (χ0) is 20.3. The van der Waals surface area contributed by atoms with Crippen molar-refractivity contribution in [2.24, 2.45) is 0 Å². The maximum atomic E-state index is 12.6. The van der Waals surface area contributed by atoms with Crippen LogP contribution in [0.15, 0.2) is 53.5 Å². The second kappa shape index (κ2) is 8.22. The summed E-state index contributed by atoms with van der Waals surface area (Å²) in [6, 6.07) is 11.6. The molecule has 0 saturated carbocycles. The molecule has 1 amide bonds. The van der Waals surface area contributed by atoms with Crippen molar-refractivity contribution in [2.75, 3.05) is 12.4 Å². The summed E-state index contributed by atoms with van der Waals surface area (Å²) in [5.41, 5.74) is 2.13. The maximum Gasteiger partial charge on any atom is 0.365 e. The van der Waals surface area contributed by atoms with Gasteiger partial charge in [0.05, 0.1) is 24.7 Å². The van der Waals surface area contributed by atoms with Gasteiger partial charge in [-0.15, -0.1) is 0 Å². The lowest BCUT2D eigenvalue weighted by atomic mass is 10.1. The summed E-state index contributed by atoms with van der Waals surface area (Å²) in [4.78, 5) is 29.1. The maximum absolute atomic E-state index is 12.6. The van der Waals surface area contributed by atoms with Gasteiger partial charge in [0.25, 0.3) is 0 Å². The topological polar surface area (TPSA) is 86.1 Å². The first-order valence-corrected chi connectivity index (χ1v) is 8.94. The molecule has 1 heterocycles. The number of nitrogens with zero attached hydrogens (tertiary/aromatic N) is 3. The lowest BCUT2D eigenvalue weighted by molar-refractivity contribution is -0.119. The van der Waals surface area contributed by atoms with Gasteiger partial charge in [0.1, 0.15) is 11.8 Å². The minimum absolute atomic E-state index is 0.407. The van der Waals surface area contributed by atoms with E-state index in [2.05, 4.69) is 15.4 Å². The van der Waals surface area contributed by atoms with E-state index < -0.39 is 17.6 Å². The molecule has 1 aromatic heterocycles. The average molecular weight is 399 g/mol. The Labute approximate surface area is 166 Å². The van der Waals surface area contributed by atoms with Crippen molar-refractivity contribution in [1.29, 1.82) is 0 Å². The van der Waals surface area contributed by atoms with Gasteiger partial charge < -0.3 is 10.1 Å². The third-order valence-electron chi connectivity index (χ3n) is 4.23. The van der Waals surface area contributed by atoms with Gasteiger partial charge in [-0.3, -0.25) is 4.79 Å². The van der Waals surface area contributed by atoms with E-state index in [1.165, 1.54) is 13.3 Å². The molecule has 0 bridgehead atoms. The van der Waals surface area contributed by atoms with Crippen molar-refractivity contribution >= 4 is 23.2 Å². The van der Waals surface area contributed by atoms with E-state index in [4.69, 9.17) is 16.3 Å². The van der Waals surface area contributed by atoms with Gasteiger partial charge in [-0.05, 0) is 32.0 Å². The summed E-state index contributed by atoms with van der Waals surface area (Å²) >= 11 is 5.98. The quantitative estimate of drug-likeness (QED) is 0.711. The predicted molar refractivity (Wildman–Crippen MR) is 108 cm³/mol. The number of hydrogen-bond acceptors (Lipinski definition) is 5. The Morgan fingerprint density at radius 2 is 1.93 bits per heavy atom. The van der Waals surface area contributed by atoms with Crippen molar-refractivity contribution < 1.29 is 9.53 Å². The van der Waals surface area contributed by atoms with Gasteiger partial charge in [0.2, 0.25) is 5.91 Å². The highest BCUT2D eigenvalue weighted by atomic mass is 35.5. The second-order valence-corrected chi connectivity index (χ2v) is 6.68. The van der Waals surface area contributed by atoms with E-state index in [1.807, 2.05) is 31.2 Å². The largest absolute Gasteiger partial charge is 0.495 e. The Balaban J connectivity index is 1.83. The number of nitrogens with one attached hydrogen (secondary N) is 1. The van der Waals surface area contributed by atoms with Crippen LogP contribution in [0.2, 0.25) is 5.02 Å². The number of carbonyl (C=O) groups is 1. The molecule has 0 saturated heterocycles. The first-order chi connectivity index (χ1) is 13.4. The lowest BCUT2D eigenvalue weighted by Gasteiger charge is -2.15. The number of carbonyl (C=O) groups excluding carboxylic acids is 1. The van der Waals surface area contributed by atoms with E-state index >= 15 is 0 Å². The van der Waals surface area contributed by atoms with Crippen LogP contribution in [0.4, 0.5) is 5.69 Å². The SMILES string of the molecule is COc1ccc(Cl)cc1NC(=O)C(C)n1ncc(-c2ccc(C)cc2)nc1=O. The van der Waals surface area contributed by atoms with Crippen LogP contribution in [0.3, 0.4) is 0 Å². The zero-order valence-electron chi connectivity index (χ0n) is 15.6. The van der Waals surface area contributed by atoms with Gasteiger partial charge in [-0.25, -0.2) is 9.48 Å². The summed E-state index contributed by atoms with van der Waals surface area (Å²) < 4.78 is 6.25. The van der Waals surface area contributed by atoms with Crippen molar-refractivity contribution in [1.82, 2.24) is 14.8 Å². The molecule has 0 fully saturated rings. The Bertz CT molecular complexity index is 1060. The minimum Gasteiger partial charge on any atom is -0.495 e. The number of anilines is 1. The molecule has 1 N–H and O–H groups in total. The van der Waals surface area contributed by atoms with Crippen molar-refractivity contribution in [3.63, 3.8) is 0 Å². The molecule has 3 rings (SSSR count). The summed E-state index contributed by atoms with van der Waals surface area (Å²) in [5.74, 6) is 0.0122. The van der Waals surface area contributed by atoms with Crippen LogP contribution in [-0.4, -0.2) is 27.8 Å². The summed E-state index contributed by atoms with van der Waals surface area (Å²) in [6.45, 7) is 3.54. The average Bonchev–Trinajstić information content (AvgIpc) is 2.68. The molecule has 7 nitrogen and oxygen atoms in total. The van der Waals surface area contributed by atoms with Gasteiger partial charge in [0, 0.05) is 10.6 Å². The Morgan fingerprint density at radius 1 is 1.21 bits per heavy atom. The molecular formula is C20H19ClN4O3. The third kappa shape index (κ3) is 4.20. The lowest BCUT2D eigenvalue weighted by Crippen LogP contribution is -2.34. The highest BCUT2D eigenvalue weighted by Gasteiger charge is 2.20. The number of amides is 1. The van der Waals surface area contributed by atoms with E-state index in [1.54, 1.807) is 25.1 Å². The fourth-order valence-electron chi connectivity index (χ4n) is 2.60. The zero-order valence-corrected chi connectivity index (χ0v) is 16.4. The molecule has 0 aliphatic heterocycles. The van der Waals surface area contributed by atoms with Gasteiger partial charge in [0.15, 0.2) is 0 Å². The monoisotopic (exact) mass is 398 g/mol. The molecule has 2 aromatic carbocycles. The summed E-state index contributed by atoms with van der Waals surface area (Å²) in [6.07, 6.45) is 1.47. The van der Waals surface area contributed by atoms with E-state index in [0.717, 1.165) is 15.8 Å². The summed E-state index contributed by atoms with van der Waals surface area (Å²) in [5, 5.41) is 7.28. The number of halogens is 1. The number of aromatic nitrogens is 3. The van der Waals surface area contributed by atoms with Crippen molar-refractivity contribution in [3.05, 3.63) is 69.7 Å². The standard InChI is InChI=1S/C20H19ClN4O3/c1-12-4-6-14(7-5-12)17-11-22-25(20(27)24-17)13(2)19(26)23-16-10-15(21)8-9-18(16)28-3/h4-11,13H,1-3H3,(H,23,26). The molecule has 0 radical (unpaired) electrons. The highest BCUT2D eigenvalue weighted by Crippen LogP contribution is 2.28. The Hall–Kier alpha value is -3.19. The molecule has 28 heavy (non-hydrogen) atoms. The van der Waals surface area contributed by atoms with Crippen LogP contribution in [0.25, 0.3) is 11.3 Å². The van der Waals surface area contributed by atoms with Crippen molar-refractivity contribution in [2.45, 2.75) is 19.9 Å². The van der Waals surface area contributed by atoms with Crippen LogP contribution < -0.4 is 15.7 Å². The summed E-state index contributed by atoms with van der Waals surface area (Å²) in [7, 11) is 1.49.